The van der Waals surface area contributed by atoms with Gasteiger partial charge in [0.1, 0.15) is 11.2 Å². The van der Waals surface area contributed by atoms with Crippen LogP contribution in [0, 0.1) is 0 Å². The summed E-state index contributed by atoms with van der Waals surface area (Å²) in [5, 5.41) is 7.91. The minimum Gasteiger partial charge on any atom is -0.391 e. The average Bonchev–Trinajstić information content (AvgIpc) is 2.77. The lowest BCUT2D eigenvalue weighted by molar-refractivity contribution is 0.797. The fourth-order valence-electron chi connectivity index (χ4n) is 1.60. The van der Waals surface area contributed by atoms with E-state index in [1.807, 2.05) is 24.3 Å². The van der Waals surface area contributed by atoms with Crippen molar-refractivity contribution in [3.8, 4) is 5.82 Å². The molecule has 0 fully saturated rings. The second kappa shape index (κ2) is 3.41. The van der Waals surface area contributed by atoms with Gasteiger partial charge in [0.2, 0.25) is 0 Å². The van der Waals surface area contributed by atoms with E-state index in [0.29, 0.717) is 5.52 Å². The topological polar surface area (TPSA) is 102 Å². The number of hydrogen-bond acceptors (Lipinski definition) is 5. The second-order valence-electron chi connectivity index (χ2n) is 3.46. The zero-order valence-electron chi connectivity index (χ0n) is 8.66. The summed E-state index contributed by atoms with van der Waals surface area (Å²) in [5.41, 5.74) is 6.76. The molecule has 0 saturated carbocycles. The van der Waals surface area contributed by atoms with Gasteiger partial charge in [0.05, 0.1) is 11.8 Å². The minimum atomic E-state index is -0.394. The van der Waals surface area contributed by atoms with Crippen LogP contribution in [0.3, 0.4) is 0 Å². The number of nitrogens with zero attached hydrogens (tertiary/aromatic N) is 4. The minimum absolute atomic E-state index is 0.0168. The highest BCUT2D eigenvalue weighted by Crippen LogP contribution is 2.15. The molecule has 2 heterocycles. The number of nitrogens with two attached hydrogens (primary N) is 1. The quantitative estimate of drug-likeness (QED) is 0.614. The highest BCUT2D eigenvalue weighted by atomic mass is 16.1. The Morgan fingerprint density at radius 1 is 1.29 bits per heavy atom. The van der Waals surface area contributed by atoms with Crippen LogP contribution in [0.4, 0.5) is 5.69 Å². The summed E-state index contributed by atoms with van der Waals surface area (Å²) in [6.45, 7) is 0. The van der Waals surface area contributed by atoms with Crippen molar-refractivity contribution in [1.82, 2.24) is 25.0 Å². The molecule has 0 aliphatic heterocycles. The van der Waals surface area contributed by atoms with Gasteiger partial charge in [-0.25, -0.2) is 4.98 Å². The van der Waals surface area contributed by atoms with Crippen molar-refractivity contribution in [2.45, 2.75) is 0 Å². The molecule has 3 aromatic rings. The maximum atomic E-state index is 11.4. The Labute approximate surface area is 94.9 Å². The second-order valence-corrected chi connectivity index (χ2v) is 3.46. The van der Waals surface area contributed by atoms with Crippen molar-refractivity contribution in [2.75, 3.05) is 5.73 Å². The molecule has 0 amide bonds. The Morgan fingerprint density at radius 3 is 3.00 bits per heavy atom. The van der Waals surface area contributed by atoms with Gasteiger partial charge in [0.25, 0.3) is 5.56 Å². The highest BCUT2D eigenvalue weighted by Gasteiger charge is 2.11. The van der Waals surface area contributed by atoms with Gasteiger partial charge in [-0.05, 0) is 12.1 Å². The molecule has 0 bridgehead atoms. The molecule has 3 rings (SSSR count). The fourth-order valence-corrected chi connectivity index (χ4v) is 1.60. The van der Waals surface area contributed by atoms with Crippen LogP contribution in [-0.4, -0.2) is 25.0 Å². The predicted molar refractivity (Wildman–Crippen MR) is 61.7 cm³/mol. The van der Waals surface area contributed by atoms with E-state index >= 15 is 0 Å². The molecule has 0 saturated heterocycles. The Balaban J connectivity index is 2.35. The van der Waals surface area contributed by atoms with Crippen LogP contribution in [0.2, 0.25) is 0 Å². The number of fused-ring (bicyclic) bond motifs is 1. The monoisotopic (exact) mass is 228 g/mol. The Kier molecular flexibility index (Phi) is 1.91. The van der Waals surface area contributed by atoms with E-state index < -0.39 is 5.56 Å². The number of nitrogens with one attached hydrogen (secondary N) is 1. The van der Waals surface area contributed by atoms with Crippen LogP contribution >= 0.6 is 0 Å². The van der Waals surface area contributed by atoms with Crippen LogP contribution in [0.15, 0.2) is 35.4 Å². The number of anilines is 1. The third-order valence-electron chi connectivity index (χ3n) is 2.42. The van der Waals surface area contributed by atoms with Gasteiger partial charge >= 0.3 is 0 Å². The summed E-state index contributed by atoms with van der Waals surface area (Å²) in [7, 11) is 0. The lowest BCUT2D eigenvalue weighted by Crippen LogP contribution is -2.17. The number of H-pyrrole nitrogens is 1. The summed E-state index contributed by atoms with van der Waals surface area (Å²) in [6, 6.07) is 7.36. The average molecular weight is 228 g/mol. The Hall–Kier alpha value is -2.70. The summed E-state index contributed by atoms with van der Waals surface area (Å²) in [6.07, 6.45) is 1.28. The van der Waals surface area contributed by atoms with Gasteiger partial charge in [0.15, 0.2) is 5.82 Å². The van der Waals surface area contributed by atoms with Crippen molar-refractivity contribution in [3.05, 3.63) is 40.9 Å². The van der Waals surface area contributed by atoms with E-state index in [0.717, 1.165) is 5.52 Å². The van der Waals surface area contributed by atoms with E-state index in [1.54, 1.807) is 0 Å². The summed E-state index contributed by atoms with van der Waals surface area (Å²) in [4.78, 5) is 17.8. The lowest BCUT2D eigenvalue weighted by Gasteiger charge is -2.02. The Morgan fingerprint density at radius 2 is 2.12 bits per heavy atom. The van der Waals surface area contributed by atoms with Crippen LogP contribution in [0.5, 0.6) is 0 Å². The molecule has 0 aliphatic rings. The number of para-hydroxylation sites is 1. The smallest absolute Gasteiger partial charge is 0.276 e. The van der Waals surface area contributed by atoms with Crippen LogP contribution < -0.4 is 11.3 Å². The van der Waals surface area contributed by atoms with Gasteiger partial charge in [-0.3, -0.25) is 4.79 Å². The van der Waals surface area contributed by atoms with Crippen LogP contribution in [0.1, 0.15) is 0 Å². The molecule has 17 heavy (non-hydrogen) atoms. The third-order valence-corrected chi connectivity index (χ3v) is 2.42. The molecule has 0 spiro atoms. The van der Waals surface area contributed by atoms with Gasteiger partial charge in [-0.15, -0.1) is 5.10 Å². The van der Waals surface area contributed by atoms with Crippen molar-refractivity contribution in [3.63, 3.8) is 0 Å². The van der Waals surface area contributed by atoms with Gasteiger partial charge in [-0.2, -0.15) is 4.68 Å². The number of benzene rings is 1. The first kappa shape index (κ1) is 9.52. The number of nitrogen functional groups attached to an aromatic ring is 1. The van der Waals surface area contributed by atoms with Crippen LogP contribution in [-0.2, 0) is 0 Å². The molecule has 2 aromatic heterocycles. The zero-order chi connectivity index (χ0) is 11.8. The molecule has 0 aliphatic carbocycles. The zero-order valence-corrected chi connectivity index (χ0v) is 8.66. The SMILES string of the molecule is Nc1c(-n2nnc3ccccc32)nc[nH]c1=O. The molecule has 7 heteroatoms. The third kappa shape index (κ3) is 1.36. The summed E-state index contributed by atoms with van der Waals surface area (Å²) >= 11 is 0. The van der Waals surface area contributed by atoms with Crippen LogP contribution in [0.25, 0.3) is 16.9 Å². The lowest BCUT2D eigenvalue weighted by atomic mass is 10.3. The normalized spacial score (nSPS) is 10.8. The fraction of sp³-hybridized carbons (Fsp3) is 0. The van der Waals surface area contributed by atoms with E-state index in [9.17, 15) is 4.79 Å². The number of hydrogen-bond donors (Lipinski definition) is 2. The van der Waals surface area contributed by atoms with Gasteiger partial charge < -0.3 is 10.7 Å². The van der Waals surface area contributed by atoms with E-state index in [-0.39, 0.29) is 11.5 Å². The highest BCUT2D eigenvalue weighted by molar-refractivity contribution is 5.76. The van der Waals surface area contributed by atoms with Crippen molar-refractivity contribution in [1.29, 1.82) is 0 Å². The van der Waals surface area contributed by atoms with Crippen molar-refractivity contribution < 1.29 is 0 Å². The number of aromatic nitrogens is 5. The standard InChI is InChI=1S/C10H8N6O/c11-8-9(12-5-13-10(8)17)16-7-4-2-1-3-6(7)14-15-16/h1-5H,11H2,(H,12,13,17). The predicted octanol–water partition coefficient (Wildman–Crippen LogP) is 0.0860. The van der Waals surface area contributed by atoms with Crippen molar-refractivity contribution in [2.24, 2.45) is 0 Å². The maximum absolute atomic E-state index is 11.4. The molecular weight excluding hydrogens is 220 g/mol. The first-order chi connectivity index (χ1) is 8.27. The molecule has 1 aromatic carbocycles. The molecular formula is C10H8N6O. The Bertz CT molecular complexity index is 744. The van der Waals surface area contributed by atoms with Gasteiger partial charge in [-0.1, -0.05) is 17.3 Å². The summed E-state index contributed by atoms with van der Waals surface area (Å²) < 4.78 is 1.44. The first-order valence-electron chi connectivity index (χ1n) is 4.91. The summed E-state index contributed by atoms with van der Waals surface area (Å²) in [5.74, 6) is 0.280. The largest absolute Gasteiger partial charge is 0.391 e. The molecule has 3 N–H and O–H groups in total. The molecule has 0 radical (unpaired) electrons. The number of aromatic amines is 1. The number of rotatable bonds is 1. The van der Waals surface area contributed by atoms with Gasteiger partial charge in [0, 0.05) is 0 Å². The molecule has 7 nitrogen and oxygen atoms in total. The van der Waals surface area contributed by atoms with E-state index in [2.05, 4.69) is 20.3 Å². The first-order valence-corrected chi connectivity index (χ1v) is 4.91. The molecule has 0 unspecified atom stereocenters. The van der Waals surface area contributed by atoms with Crippen molar-refractivity contribution >= 4 is 16.7 Å². The maximum Gasteiger partial charge on any atom is 0.276 e. The molecule has 0 atom stereocenters. The van der Waals surface area contributed by atoms with E-state index in [1.165, 1.54) is 11.0 Å². The molecule has 84 valence electrons. The van der Waals surface area contributed by atoms with E-state index in [4.69, 9.17) is 5.73 Å².